The summed E-state index contributed by atoms with van der Waals surface area (Å²) in [6.07, 6.45) is 4.36. The summed E-state index contributed by atoms with van der Waals surface area (Å²) in [6.45, 7) is 3.43. The third-order valence-electron chi connectivity index (χ3n) is 6.05. The number of aromatic nitrogens is 4. The Balaban J connectivity index is 1.29. The molecule has 1 aliphatic heterocycles. The summed E-state index contributed by atoms with van der Waals surface area (Å²) in [7, 11) is 3.12. The molecule has 0 aliphatic carbocycles. The van der Waals surface area contributed by atoms with Crippen LogP contribution in [-0.2, 0) is 20.6 Å². The molecule has 0 saturated carbocycles. The number of nitrogens with one attached hydrogen (secondary N) is 1. The van der Waals surface area contributed by atoms with E-state index in [2.05, 4.69) is 15.2 Å². The van der Waals surface area contributed by atoms with Crippen LogP contribution in [0.4, 0.5) is 0 Å². The van der Waals surface area contributed by atoms with Crippen molar-refractivity contribution in [3.05, 3.63) is 63.1 Å². The van der Waals surface area contributed by atoms with Crippen molar-refractivity contribution in [3.63, 3.8) is 0 Å². The molecule has 0 unspecified atom stereocenters. The van der Waals surface area contributed by atoms with Crippen LogP contribution in [0.3, 0.4) is 0 Å². The van der Waals surface area contributed by atoms with Gasteiger partial charge in [0.05, 0.1) is 6.33 Å². The molecule has 0 atom stereocenters. The van der Waals surface area contributed by atoms with Crippen LogP contribution in [0.1, 0.15) is 29.6 Å². The lowest BCUT2D eigenvalue weighted by Gasteiger charge is -2.32. The normalized spacial score (nSPS) is 15.4. The van der Waals surface area contributed by atoms with Gasteiger partial charge in [-0.3, -0.25) is 18.7 Å². The number of rotatable bonds is 6. The Bertz CT molecular complexity index is 1190. The quantitative estimate of drug-likeness (QED) is 0.629. The Morgan fingerprint density at radius 2 is 1.77 bits per heavy atom. The molecule has 1 amide bonds. The summed E-state index contributed by atoms with van der Waals surface area (Å²) in [5.74, 6) is -0.0120. The van der Waals surface area contributed by atoms with E-state index in [1.807, 2.05) is 34.9 Å². The molecule has 9 heteroatoms. The number of amides is 1. The second-order valence-corrected chi connectivity index (χ2v) is 8.12. The number of hydrogen-bond donors (Lipinski definition) is 1. The minimum atomic E-state index is -0.370. The molecule has 0 radical (unpaired) electrons. The third-order valence-corrected chi connectivity index (χ3v) is 6.05. The van der Waals surface area contributed by atoms with Crippen molar-refractivity contribution in [1.82, 2.24) is 28.9 Å². The second-order valence-electron chi connectivity index (χ2n) is 8.12. The van der Waals surface area contributed by atoms with Gasteiger partial charge >= 0.3 is 5.69 Å². The van der Waals surface area contributed by atoms with Gasteiger partial charge in [0.2, 0.25) is 0 Å². The smallest absolute Gasteiger partial charge is 0.332 e. The first-order chi connectivity index (χ1) is 15.0. The number of carbonyl (C=O) groups is 1. The zero-order valence-electron chi connectivity index (χ0n) is 18.0. The maximum Gasteiger partial charge on any atom is 0.332 e. The largest absolute Gasteiger partial charge is 0.349 e. The molecule has 0 spiro atoms. The molecule has 3 heterocycles. The van der Waals surface area contributed by atoms with Gasteiger partial charge < -0.3 is 14.8 Å². The van der Waals surface area contributed by atoms with E-state index in [-0.39, 0.29) is 23.2 Å². The van der Waals surface area contributed by atoms with Crippen LogP contribution < -0.4 is 16.6 Å². The molecule has 4 rings (SSSR count). The third kappa shape index (κ3) is 4.32. The van der Waals surface area contributed by atoms with Crippen molar-refractivity contribution >= 4 is 17.1 Å². The maximum absolute atomic E-state index is 12.5. The Labute approximate surface area is 179 Å². The van der Waals surface area contributed by atoms with E-state index < -0.39 is 0 Å². The van der Waals surface area contributed by atoms with Crippen molar-refractivity contribution in [2.45, 2.75) is 31.8 Å². The van der Waals surface area contributed by atoms with Crippen molar-refractivity contribution in [2.24, 2.45) is 14.1 Å². The van der Waals surface area contributed by atoms with Crippen LogP contribution in [0.5, 0.6) is 0 Å². The van der Waals surface area contributed by atoms with E-state index in [1.165, 1.54) is 11.6 Å². The van der Waals surface area contributed by atoms with Gasteiger partial charge in [0.25, 0.3) is 11.5 Å². The van der Waals surface area contributed by atoms with Gasteiger partial charge in [-0.05, 0) is 37.9 Å². The first-order valence-corrected chi connectivity index (χ1v) is 10.6. The molecule has 2 aromatic heterocycles. The van der Waals surface area contributed by atoms with Crippen LogP contribution in [0.15, 0.2) is 46.2 Å². The van der Waals surface area contributed by atoms with Gasteiger partial charge in [-0.15, -0.1) is 0 Å². The zero-order valence-corrected chi connectivity index (χ0v) is 18.0. The van der Waals surface area contributed by atoms with Gasteiger partial charge in [0.15, 0.2) is 11.2 Å². The van der Waals surface area contributed by atoms with Gasteiger partial charge in [0.1, 0.15) is 0 Å². The number of nitrogens with zero attached hydrogens (tertiary/aromatic N) is 5. The molecule has 31 heavy (non-hydrogen) atoms. The number of hydrogen-bond acceptors (Lipinski definition) is 5. The lowest BCUT2D eigenvalue weighted by Crippen LogP contribution is -2.45. The monoisotopic (exact) mass is 424 g/mol. The number of benzene rings is 1. The summed E-state index contributed by atoms with van der Waals surface area (Å²) in [5.41, 5.74) is 0.895. The molecule has 1 saturated heterocycles. The highest BCUT2D eigenvalue weighted by molar-refractivity contribution is 5.94. The van der Waals surface area contributed by atoms with E-state index in [9.17, 15) is 14.4 Å². The predicted molar refractivity (Wildman–Crippen MR) is 118 cm³/mol. The standard InChI is InChI=1S/C22H28N6O3/c1-25-19-18(21(30)26(2)22(25)31)28(15-23-19)12-6-11-27-13-9-17(10-14-27)24-20(29)16-7-4-3-5-8-16/h3-5,7-8,15,17H,6,9-14H2,1-2H3,(H,24,29). The van der Waals surface area contributed by atoms with E-state index in [0.29, 0.717) is 23.3 Å². The summed E-state index contributed by atoms with van der Waals surface area (Å²) in [6, 6.07) is 9.50. The highest BCUT2D eigenvalue weighted by Gasteiger charge is 2.21. The van der Waals surface area contributed by atoms with Gasteiger partial charge in [0, 0.05) is 45.3 Å². The number of likely N-dealkylation sites (tertiary alicyclic amines) is 1. The number of aryl methyl sites for hydroxylation is 2. The molecule has 1 aliphatic rings. The average Bonchev–Trinajstić information content (AvgIpc) is 3.22. The maximum atomic E-state index is 12.5. The lowest BCUT2D eigenvalue weighted by atomic mass is 10.0. The SMILES string of the molecule is Cn1c(=O)c2c(ncn2CCCN2CCC(NC(=O)c3ccccc3)CC2)n(C)c1=O. The van der Waals surface area contributed by atoms with Crippen LogP contribution in [0, 0.1) is 0 Å². The molecule has 1 N–H and O–H groups in total. The van der Waals surface area contributed by atoms with Gasteiger partial charge in [-0.1, -0.05) is 18.2 Å². The number of fused-ring (bicyclic) bond motifs is 1. The lowest BCUT2D eigenvalue weighted by molar-refractivity contribution is 0.0910. The Hall–Kier alpha value is -3.20. The molecule has 9 nitrogen and oxygen atoms in total. The molecular formula is C22H28N6O3. The molecule has 1 aromatic carbocycles. The van der Waals surface area contributed by atoms with E-state index in [4.69, 9.17) is 0 Å². The first-order valence-electron chi connectivity index (χ1n) is 10.6. The predicted octanol–water partition coefficient (Wildman–Crippen LogP) is 0.718. The van der Waals surface area contributed by atoms with Crippen LogP contribution in [0.2, 0.25) is 0 Å². The van der Waals surface area contributed by atoms with Crippen molar-refractivity contribution < 1.29 is 4.79 Å². The van der Waals surface area contributed by atoms with Crippen LogP contribution in [0.25, 0.3) is 11.2 Å². The highest BCUT2D eigenvalue weighted by atomic mass is 16.2. The topological polar surface area (TPSA) is 94.2 Å². The molecule has 1 fully saturated rings. The van der Waals surface area contributed by atoms with Crippen molar-refractivity contribution in [1.29, 1.82) is 0 Å². The number of carbonyl (C=O) groups excluding carboxylic acids is 1. The summed E-state index contributed by atoms with van der Waals surface area (Å²) in [5, 5.41) is 3.13. The summed E-state index contributed by atoms with van der Waals surface area (Å²) in [4.78, 5) is 43.5. The average molecular weight is 425 g/mol. The summed E-state index contributed by atoms with van der Waals surface area (Å²) >= 11 is 0. The van der Waals surface area contributed by atoms with E-state index in [1.54, 1.807) is 13.4 Å². The Kier molecular flexibility index (Phi) is 6.03. The van der Waals surface area contributed by atoms with E-state index in [0.717, 1.165) is 43.5 Å². The first kappa shape index (κ1) is 21.0. The van der Waals surface area contributed by atoms with Crippen LogP contribution >= 0.6 is 0 Å². The van der Waals surface area contributed by atoms with Gasteiger partial charge in [-0.25, -0.2) is 9.78 Å². The fourth-order valence-electron chi connectivity index (χ4n) is 4.19. The summed E-state index contributed by atoms with van der Waals surface area (Å²) < 4.78 is 4.36. The number of piperidine rings is 1. The second kappa shape index (κ2) is 8.89. The van der Waals surface area contributed by atoms with Crippen molar-refractivity contribution in [2.75, 3.05) is 19.6 Å². The van der Waals surface area contributed by atoms with E-state index >= 15 is 0 Å². The highest BCUT2D eigenvalue weighted by Crippen LogP contribution is 2.13. The van der Waals surface area contributed by atoms with Gasteiger partial charge in [-0.2, -0.15) is 0 Å². The van der Waals surface area contributed by atoms with Crippen molar-refractivity contribution in [3.8, 4) is 0 Å². The Morgan fingerprint density at radius 1 is 1.06 bits per heavy atom. The minimum absolute atomic E-state index is 0.0120. The number of imidazole rings is 1. The molecular weight excluding hydrogens is 396 g/mol. The molecule has 0 bridgehead atoms. The minimum Gasteiger partial charge on any atom is -0.349 e. The molecule has 3 aromatic rings. The van der Waals surface area contributed by atoms with Crippen LogP contribution in [-0.4, -0.2) is 55.2 Å². The molecule has 164 valence electrons. The zero-order chi connectivity index (χ0) is 22.0. The Morgan fingerprint density at radius 3 is 2.48 bits per heavy atom. The fraction of sp³-hybridized carbons (Fsp3) is 0.455. The fourth-order valence-corrected chi connectivity index (χ4v) is 4.19.